The number of phenolic OH excluding ortho intramolecular Hbond substituents is 2. The molecule has 0 aromatic heterocycles. The van der Waals surface area contributed by atoms with Gasteiger partial charge in [0.15, 0.2) is 34.5 Å². The molecule has 1 fully saturated rings. The topological polar surface area (TPSA) is 172 Å². The Kier molecular flexibility index (Phi) is 9.20. The number of rotatable bonds is 3. The first-order chi connectivity index (χ1) is 26.0. The molecule has 3 N–H and O–H groups in total. The highest BCUT2D eigenvalue weighted by atomic mass is 32.2. The number of esters is 2. The third-order valence-corrected chi connectivity index (χ3v) is 12.7. The quantitative estimate of drug-likeness (QED) is 0.254. The average Bonchev–Trinajstić information content (AvgIpc) is 3.63. The van der Waals surface area contributed by atoms with Crippen molar-refractivity contribution >= 4 is 23.7 Å². The van der Waals surface area contributed by atoms with E-state index >= 15 is 0 Å². The Morgan fingerprint density at radius 1 is 1.04 bits per heavy atom. The third-order valence-electron chi connectivity index (χ3n) is 11.5. The number of ether oxygens (including phenoxy) is 6. The first-order valence-corrected chi connectivity index (χ1v) is 18.9. The molecule has 0 aliphatic carbocycles. The number of nitriles is 1. The number of fused-ring (bicyclic) bond motifs is 11. The fourth-order valence-electron chi connectivity index (χ4n) is 9.29. The molecule has 4 bridgehead atoms. The molecule has 6 atom stereocenters. The number of phenols is 2. The molecule has 6 heterocycles. The Hall–Kier alpha value is -4.88. The number of nitrogens with one attached hydrogen (secondary N) is 1. The number of likely N-dealkylation sites (N-methyl/N-ethyl adjacent to an activating group) is 1. The molecule has 9 rings (SSSR count). The van der Waals surface area contributed by atoms with Crippen LogP contribution >= 0.6 is 11.8 Å². The van der Waals surface area contributed by atoms with Crippen LogP contribution in [0.5, 0.6) is 40.2 Å². The Labute approximate surface area is 316 Å². The molecule has 0 amide bonds. The lowest BCUT2D eigenvalue weighted by Gasteiger charge is -2.61. The smallest absolute Gasteiger partial charge is 0.338 e. The Bertz CT molecular complexity index is 2120. The van der Waals surface area contributed by atoms with Gasteiger partial charge >= 0.3 is 11.9 Å². The van der Waals surface area contributed by atoms with E-state index in [1.807, 2.05) is 27.0 Å². The van der Waals surface area contributed by atoms with Crippen molar-refractivity contribution in [1.82, 2.24) is 15.1 Å². The number of carbonyl (C=O) groups is 2. The van der Waals surface area contributed by atoms with Crippen LogP contribution in [-0.4, -0.2) is 97.2 Å². The van der Waals surface area contributed by atoms with Crippen molar-refractivity contribution in [3.05, 3.63) is 62.7 Å². The van der Waals surface area contributed by atoms with Crippen molar-refractivity contribution in [2.45, 2.75) is 69.1 Å². The SMILES string of the molecule is COc1cc2c(cc1O)CCNCS[C@@H]1c3c(OC(C)=O)c(C)c4c(c3[C@H](COC2=O)N2C1C1c3c(cc(C)c(OC)c3O)CC([C@@H]2C#N)N1C)OCO4. The third kappa shape index (κ3) is 5.41. The molecule has 0 saturated carbocycles. The van der Waals surface area contributed by atoms with Crippen molar-refractivity contribution in [3.8, 4) is 46.3 Å². The van der Waals surface area contributed by atoms with E-state index in [1.54, 1.807) is 11.8 Å². The molecule has 3 aromatic rings. The van der Waals surface area contributed by atoms with Gasteiger partial charge in [-0.2, -0.15) is 5.26 Å². The molecular weight excluding hydrogens is 717 g/mol. The maximum atomic E-state index is 14.2. The van der Waals surface area contributed by atoms with Crippen molar-refractivity contribution in [1.29, 1.82) is 5.26 Å². The summed E-state index contributed by atoms with van der Waals surface area (Å²) >= 11 is 1.59. The van der Waals surface area contributed by atoms with Crippen molar-refractivity contribution < 1.29 is 48.2 Å². The molecule has 284 valence electrons. The van der Waals surface area contributed by atoms with Crippen molar-refractivity contribution in [2.24, 2.45) is 0 Å². The molecule has 14 nitrogen and oxygen atoms in total. The second-order valence-corrected chi connectivity index (χ2v) is 15.4. The summed E-state index contributed by atoms with van der Waals surface area (Å²) in [5, 5.41) is 36.7. The fourth-order valence-corrected chi connectivity index (χ4v) is 10.6. The van der Waals surface area contributed by atoms with Gasteiger partial charge in [-0.25, -0.2) is 4.79 Å². The molecule has 0 spiro atoms. The normalized spacial score (nSPS) is 25.9. The highest BCUT2D eigenvalue weighted by Gasteiger charge is 2.60. The lowest BCUT2D eigenvalue weighted by atomic mass is 9.71. The molecule has 15 heteroatoms. The number of carbonyl (C=O) groups excluding carboxylic acids is 2. The zero-order valence-electron chi connectivity index (χ0n) is 30.8. The fraction of sp³-hybridized carbons (Fsp3) is 0.462. The highest BCUT2D eigenvalue weighted by molar-refractivity contribution is 7.99. The van der Waals surface area contributed by atoms with Crippen LogP contribution in [-0.2, 0) is 22.4 Å². The zero-order chi connectivity index (χ0) is 38.2. The van der Waals surface area contributed by atoms with Gasteiger partial charge in [0.2, 0.25) is 6.79 Å². The van der Waals surface area contributed by atoms with Gasteiger partial charge in [0.25, 0.3) is 0 Å². The summed E-state index contributed by atoms with van der Waals surface area (Å²) in [6, 6.07) is 4.85. The number of aryl methyl sites for hydroxylation is 1. The maximum absolute atomic E-state index is 14.2. The average molecular weight is 759 g/mol. The highest BCUT2D eigenvalue weighted by Crippen LogP contribution is 2.63. The first kappa shape index (κ1) is 36.1. The summed E-state index contributed by atoms with van der Waals surface area (Å²) in [6.45, 7) is 5.21. The van der Waals surface area contributed by atoms with Gasteiger partial charge in [-0.3, -0.25) is 14.6 Å². The van der Waals surface area contributed by atoms with E-state index in [4.69, 9.17) is 28.4 Å². The molecule has 6 aliphatic heterocycles. The minimum absolute atomic E-state index is 0.0408. The van der Waals surface area contributed by atoms with Crippen molar-refractivity contribution in [3.63, 3.8) is 0 Å². The van der Waals surface area contributed by atoms with E-state index in [0.717, 1.165) is 11.1 Å². The van der Waals surface area contributed by atoms with Gasteiger partial charge in [-0.15, -0.1) is 11.8 Å². The zero-order valence-corrected chi connectivity index (χ0v) is 31.7. The van der Waals surface area contributed by atoms with Crippen LogP contribution in [0.2, 0.25) is 0 Å². The summed E-state index contributed by atoms with van der Waals surface area (Å²) < 4.78 is 35.6. The van der Waals surface area contributed by atoms with Crippen LogP contribution in [0.1, 0.15) is 73.6 Å². The van der Waals surface area contributed by atoms with E-state index in [9.17, 15) is 25.1 Å². The Morgan fingerprint density at radius 3 is 2.54 bits per heavy atom. The molecule has 0 radical (unpaired) electrons. The van der Waals surface area contributed by atoms with Crippen LogP contribution in [0.3, 0.4) is 0 Å². The summed E-state index contributed by atoms with van der Waals surface area (Å²) in [4.78, 5) is 31.3. The molecule has 3 unspecified atom stereocenters. The number of nitrogens with zero attached hydrogens (tertiary/aromatic N) is 3. The largest absolute Gasteiger partial charge is 0.504 e. The number of hydrogen-bond donors (Lipinski definition) is 3. The van der Waals surface area contributed by atoms with E-state index in [1.165, 1.54) is 33.3 Å². The standard InChI is InChI=1S/C39H42N4O10S/c1-17-9-21-10-23-24(13-40)43-25-14-50-39(47)22-12-27(48-5)26(45)11-20(22)7-8-41-15-54-38(32(43)31(42(23)4)28(21)33(46)34(17)49-6)30-29(25)37-36(51-16-52-37)18(2)35(30)53-19(3)44/h9,11-12,23-25,31-32,38,41,45-46H,7-8,10,14-16H2,1-6H3/t23?,24-,25-,31?,32?,38+/m0/s1. The molecular formula is C39H42N4O10S. The number of aromatic hydroxyl groups is 2. The van der Waals surface area contributed by atoms with E-state index in [-0.39, 0.29) is 42.3 Å². The number of benzene rings is 3. The first-order valence-electron chi connectivity index (χ1n) is 17.8. The minimum atomic E-state index is -0.783. The van der Waals surface area contributed by atoms with Crippen LogP contribution in [0.25, 0.3) is 0 Å². The summed E-state index contributed by atoms with van der Waals surface area (Å²) in [7, 11) is 4.92. The van der Waals surface area contributed by atoms with Crippen LogP contribution in [0, 0.1) is 25.2 Å². The van der Waals surface area contributed by atoms with Gasteiger partial charge in [0.1, 0.15) is 18.4 Å². The monoisotopic (exact) mass is 758 g/mol. The molecule has 1 saturated heterocycles. The van der Waals surface area contributed by atoms with Gasteiger partial charge in [-0.05, 0) is 69.1 Å². The van der Waals surface area contributed by atoms with Crippen LogP contribution < -0.4 is 29.0 Å². The number of hydrogen-bond acceptors (Lipinski definition) is 15. The molecule has 3 aromatic carbocycles. The summed E-state index contributed by atoms with van der Waals surface area (Å²) in [6.07, 6.45) is 0.880. The second-order valence-electron chi connectivity index (χ2n) is 14.3. The lowest BCUT2D eigenvalue weighted by Crippen LogP contribution is -2.69. The maximum Gasteiger partial charge on any atom is 0.338 e. The van der Waals surface area contributed by atoms with Gasteiger partial charge in [0, 0.05) is 47.1 Å². The predicted molar refractivity (Wildman–Crippen MR) is 196 cm³/mol. The van der Waals surface area contributed by atoms with E-state index in [0.29, 0.717) is 76.1 Å². The van der Waals surface area contributed by atoms with Gasteiger partial charge < -0.3 is 44.0 Å². The summed E-state index contributed by atoms with van der Waals surface area (Å²) in [5.41, 5.74) is 5.12. The minimum Gasteiger partial charge on any atom is -0.504 e. The molecule has 6 aliphatic rings. The van der Waals surface area contributed by atoms with Crippen LogP contribution in [0.4, 0.5) is 0 Å². The molecule has 54 heavy (non-hydrogen) atoms. The number of piperazine rings is 1. The second kappa shape index (κ2) is 13.8. The number of thioether (sulfide) groups is 1. The van der Waals surface area contributed by atoms with E-state index in [2.05, 4.69) is 21.2 Å². The summed E-state index contributed by atoms with van der Waals surface area (Å²) in [5.74, 6) is 0.904. The van der Waals surface area contributed by atoms with Crippen molar-refractivity contribution in [2.75, 3.05) is 47.1 Å². The Balaban J connectivity index is 1.40. The van der Waals surface area contributed by atoms with E-state index < -0.39 is 41.4 Å². The Morgan fingerprint density at radius 2 is 1.81 bits per heavy atom. The van der Waals surface area contributed by atoms with Crippen LogP contribution in [0.15, 0.2) is 18.2 Å². The lowest BCUT2D eigenvalue weighted by molar-refractivity contribution is -0.132. The van der Waals surface area contributed by atoms with Gasteiger partial charge in [-0.1, -0.05) is 6.07 Å². The predicted octanol–water partition coefficient (Wildman–Crippen LogP) is 4.35. The van der Waals surface area contributed by atoms with Gasteiger partial charge in [0.05, 0.1) is 43.2 Å². The number of methoxy groups -OCH3 is 2.